The van der Waals surface area contributed by atoms with Crippen LogP contribution < -0.4 is 5.73 Å². The van der Waals surface area contributed by atoms with E-state index in [4.69, 9.17) is 10.2 Å². The van der Waals surface area contributed by atoms with Crippen LogP contribution in [0.15, 0.2) is 57.6 Å². The van der Waals surface area contributed by atoms with Crippen molar-refractivity contribution in [2.75, 3.05) is 5.73 Å². The van der Waals surface area contributed by atoms with Crippen molar-refractivity contribution in [2.24, 2.45) is 0 Å². The smallest absolute Gasteiger partial charge is 0.215 e. The van der Waals surface area contributed by atoms with Crippen molar-refractivity contribution in [3.8, 4) is 0 Å². The molecular formula is C16H12BrN3O. The van der Waals surface area contributed by atoms with Crippen LogP contribution in [0.2, 0.25) is 0 Å². The van der Waals surface area contributed by atoms with Crippen LogP contribution in [0.5, 0.6) is 0 Å². The second kappa shape index (κ2) is 4.63. The molecule has 2 aromatic carbocycles. The third-order valence-electron chi connectivity index (χ3n) is 3.50. The van der Waals surface area contributed by atoms with Gasteiger partial charge in [-0.2, -0.15) is 0 Å². The number of nitrogens with two attached hydrogens (primary N) is 1. The molecule has 2 heterocycles. The summed E-state index contributed by atoms with van der Waals surface area (Å²) in [6.07, 6.45) is 2.05. The zero-order chi connectivity index (χ0) is 14.4. The summed E-state index contributed by atoms with van der Waals surface area (Å²) in [6, 6.07) is 13.7. The van der Waals surface area contributed by atoms with Crippen LogP contribution in [0.1, 0.15) is 5.89 Å². The maximum Gasteiger partial charge on any atom is 0.215 e. The van der Waals surface area contributed by atoms with Gasteiger partial charge in [0.05, 0.1) is 6.54 Å². The van der Waals surface area contributed by atoms with Gasteiger partial charge < -0.3 is 14.7 Å². The third kappa shape index (κ3) is 2.10. The fourth-order valence-corrected chi connectivity index (χ4v) is 3.12. The highest BCUT2D eigenvalue weighted by molar-refractivity contribution is 9.10. The molecule has 0 aliphatic heterocycles. The lowest BCUT2D eigenvalue weighted by Gasteiger charge is -2.00. The van der Waals surface area contributed by atoms with Gasteiger partial charge in [0.2, 0.25) is 5.89 Å². The Balaban J connectivity index is 1.79. The summed E-state index contributed by atoms with van der Waals surface area (Å²) in [5, 5.41) is 1.18. The van der Waals surface area contributed by atoms with Gasteiger partial charge in [-0.1, -0.05) is 18.2 Å². The van der Waals surface area contributed by atoms with Gasteiger partial charge in [0.1, 0.15) is 5.52 Å². The van der Waals surface area contributed by atoms with E-state index in [9.17, 15) is 0 Å². The fourth-order valence-electron chi connectivity index (χ4n) is 2.54. The quantitative estimate of drug-likeness (QED) is 0.556. The van der Waals surface area contributed by atoms with E-state index >= 15 is 0 Å². The number of rotatable bonds is 2. The van der Waals surface area contributed by atoms with Crippen LogP contribution in [0.3, 0.4) is 0 Å². The van der Waals surface area contributed by atoms with Gasteiger partial charge in [0.25, 0.3) is 0 Å². The average Bonchev–Trinajstić information content (AvgIpc) is 3.01. The third-order valence-corrected chi connectivity index (χ3v) is 4.13. The summed E-state index contributed by atoms with van der Waals surface area (Å²) in [4.78, 5) is 4.51. The van der Waals surface area contributed by atoms with Crippen molar-refractivity contribution in [2.45, 2.75) is 6.54 Å². The minimum Gasteiger partial charge on any atom is -0.439 e. The first-order chi connectivity index (χ1) is 10.2. The van der Waals surface area contributed by atoms with Crippen LogP contribution >= 0.6 is 15.9 Å². The predicted molar refractivity (Wildman–Crippen MR) is 87.2 cm³/mol. The molecule has 0 bridgehead atoms. The zero-order valence-electron chi connectivity index (χ0n) is 11.1. The van der Waals surface area contributed by atoms with Gasteiger partial charge in [-0.05, 0) is 34.1 Å². The summed E-state index contributed by atoms with van der Waals surface area (Å²) in [5.74, 6) is 0.670. The molecule has 0 amide bonds. The van der Waals surface area contributed by atoms with Gasteiger partial charge in [0, 0.05) is 33.3 Å². The lowest BCUT2D eigenvalue weighted by atomic mass is 10.2. The van der Waals surface area contributed by atoms with E-state index in [1.807, 2.05) is 30.5 Å². The van der Waals surface area contributed by atoms with Gasteiger partial charge in [-0.25, -0.2) is 4.98 Å². The highest BCUT2D eigenvalue weighted by Crippen LogP contribution is 2.27. The van der Waals surface area contributed by atoms with Crippen LogP contribution in [0, 0.1) is 0 Å². The number of oxazole rings is 1. The van der Waals surface area contributed by atoms with Gasteiger partial charge in [-0.15, -0.1) is 0 Å². The lowest BCUT2D eigenvalue weighted by Crippen LogP contribution is -1.97. The first-order valence-electron chi connectivity index (χ1n) is 6.59. The molecule has 0 aliphatic rings. The Morgan fingerprint density at radius 1 is 1.19 bits per heavy atom. The largest absolute Gasteiger partial charge is 0.439 e. The lowest BCUT2D eigenvalue weighted by molar-refractivity contribution is 0.513. The van der Waals surface area contributed by atoms with Crippen molar-refractivity contribution in [1.29, 1.82) is 0 Å². The second-order valence-electron chi connectivity index (χ2n) is 4.96. The first-order valence-corrected chi connectivity index (χ1v) is 7.38. The fraction of sp³-hybridized carbons (Fsp3) is 0.0625. The Morgan fingerprint density at radius 3 is 2.95 bits per heavy atom. The summed E-state index contributed by atoms with van der Waals surface area (Å²) < 4.78 is 8.97. The number of hydrogen-bond acceptors (Lipinski definition) is 3. The minimum atomic E-state index is 0.584. The molecule has 104 valence electrons. The maximum atomic E-state index is 5.78. The highest BCUT2D eigenvalue weighted by Gasteiger charge is 2.10. The summed E-state index contributed by atoms with van der Waals surface area (Å²) >= 11 is 3.59. The highest BCUT2D eigenvalue weighted by atomic mass is 79.9. The number of para-hydroxylation sites is 1. The van der Waals surface area contributed by atoms with E-state index < -0.39 is 0 Å². The number of nitrogen functional groups attached to an aromatic ring is 1. The van der Waals surface area contributed by atoms with E-state index in [1.165, 1.54) is 5.39 Å². The topological polar surface area (TPSA) is 57.0 Å². The molecule has 2 aromatic heterocycles. The summed E-state index contributed by atoms with van der Waals surface area (Å²) in [5.41, 5.74) is 9.14. The van der Waals surface area contributed by atoms with Gasteiger partial charge in [0.15, 0.2) is 5.58 Å². The molecule has 0 spiro atoms. The molecule has 0 atom stereocenters. The maximum absolute atomic E-state index is 5.78. The number of benzene rings is 2. The number of fused-ring (bicyclic) bond motifs is 2. The SMILES string of the molecule is Nc1ccc2nc(Cn3cc(Br)c4ccccc43)oc2c1. The molecule has 4 aromatic rings. The van der Waals surface area contributed by atoms with Crippen molar-refractivity contribution in [3.05, 3.63) is 59.0 Å². The molecule has 0 fully saturated rings. The number of aromatic nitrogens is 2. The molecule has 21 heavy (non-hydrogen) atoms. The molecule has 5 heteroatoms. The van der Waals surface area contributed by atoms with Crippen molar-refractivity contribution in [3.63, 3.8) is 0 Å². The molecule has 0 radical (unpaired) electrons. The molecule has 0 aliphatic carbocycles. The van der Waals surface area contributed by atoms with E-state index in [-0.39, 0.29) is 0 Å². The van der Waals surface area contributed by atoms with E-state index in [0.29, 0.717) is 18.1 Å². The predicted octanol–water partition coefficient (Wildman–Crippen LogP) is 4.18. The van der Waals surface area contributed by atoms with E-state index in [2.05, 4.69) is 37.6 Å². The minimum absolute atomic E-state index is 0.584. The second-order valence-corrected chi connectivity index (χ2v) is 5.81. The zero-order valence-corrected chi connectivity index (χ0v) is 12.7. The average molecular weight is 342 g/mol. The molecular weight excluding hydrogens is 330 g/mol. The summed E-state index contributed by atoms with van der Waals surface area (Å²) in [6.45, 7) is 0.584. The molecule has 0 saturated carbocycles. The van der Waals surface area contributed by atoms with E-state index in [0.717, 1.165) is 21.1 Å². The number of anilines is 1. The summed E-state index contributed by atoms with van der Waals surface area (Å²) in [7, 11) is 0. The Bertz CT molecular complexity index is 955. The van der Waals surface area contributed by atoms with Crippen molar-refractivity contribution < 1.29 is 4.42 Å². The normalized spacial score (nSPS) is 11.5. The first kappa shape index (κ1) is 12.5. The monoisotopic (exact) mass is 341 g/mol. The van der Waals surface area contributed by atoms with Crippen LogP contribution in [0.25, 0.3) is 22.0 Å². The van der Waals surface area contributed by atoms with Crippen molar-refractivity contribution in [1.82, 2.24) is 9.55 Å². The van der Waals surface area contributed by atoms with Crippen LogP contribution in [0.4, 0.5) is 5.69 Å². The van der Waals surface area contributed by atoms with Crippen LogP contribution in [-0.4, -0.2) is 9.55 Å². The molecule has 0 unspecified atom stereocenters. The molecule has 2 N–H and O–H groups in total. The molecule has 4 nitrogen and oxygen atoms in total. The Kier molecular flexibility index (Phi) is 2.75. The van der Waals surface area contributed by atoms with Crippen molar-refractivity contribution >= 4 is 43.6 Å². The Hall–Kier alpha value is -2.27. The van der Waals surface area contributed by atoms with Crippen LogP contribution in [-0.2, 0) is 6.54 Å². The molecule has 0 saturated heterocycles. The number of hydrogen-bond donors (Lipinski definition) is 1. The number of nitrogens with zero attached hydrogens (tertiary/aromatic N) is 2. The van der Waals surface area contributed by atoms with Gasteiger partial charge in [-0.3, -0.25) is 0 Å². The molecule has 4 rings (SSSR count). The number of halogens is 1. The van der Waals surface area contributed by atoms with E-state index in [1.54, 1.807) is 6.07 Å². The standard InChI is InChI=1S/C16H12BrN3O/c17-12-8-20(14-4-2-1-3-11(12)14)9-16-19-13-6-5-10(18)7-15(13)21-16/h1-8H,9,18H2. The Labute approximate surface area is 129 Å². The Morgan fingerprint density at radius 2 is 2.05 bits per heavy atom. The van der Waals surface area contributed by atoms with Gasteiger partial charge >= 0.3 is 0 Å².